The van der Waals surface area contributed by atoms with Crippen LogP contribution in [0.5, 0.6) is 0 Å². The third-order valence-corrected chi connectivity index (χ3v) is 4.57. The van der Waals surface area contributed by atoms with Crippen LogP contribution in [-0.2, 0) is 4.79 Å². The van der Waals surface area contributed by atoms with Gasteiger partial charge in [0.2, 0.25) is 0 Å². The largest absolute Gasteiger partial charge is 0.481 e. The van der Waals surface area contributed by atoms with Gasteiger partial charge in [-0.2, -0.15) is 0 Å². The van der Waals surface area contributed by atoms with E-state index < -0.39 is 5.97 Å². The standard InChI is InChI=1S/C15H28N2O3/c18-7-6-17-10-12(9-15(19)20)8-14(11-17)16-13-4-2-1-3-5-13/h12-14,16,18H,1-11H2,(H,19,20). The lowest BCUT2D eigenvalue weighted by molar-refractivity contribution is -0.138. The molecule has 0 aromatic carbocycles. The molecule has 20 heavy (non-hydrogen) atoms. The van der Waals surface area contributed by atoms with E-state index in [-0.39, 0.29) is 18.9 Å². The number of hydrogen-bond donors (Lipinski definition) is 3. The number of carbonyl (C=O) groups is 1. The van der Waals surface area contributed by atoms with Crippen LogP contribution in [-0.4, -0.2) is 59.4 Å². The summed E-state index contributed by atoms with van der Waals surface area (Å²) in [6.45, 7) is 2.54. The highest BCUT2D eigenvalue weighted by atomic mass is 16.4. The minimum Gasteiger partial charge on any atom is -0.481 e. The summed E-state index contributed by atoms with van der Waals surface area (Å²) in [5, 5.41) is 21.9. The van der Waals surface area contributed by atoms with Crippen molar-refractivity contribution in [2.45, 2.75) is 57.0 Å². The predicted molar refractivity (Wildman–Crippen MR) is 77.7 cm³/mol. The van der Waals surface area contributed by atoms with Crippen molar-refractivity contribution in [3.63, 3.8) is 0 Å². The molecule has 2 aliphatic rings. The summed E-state index contributed by atoms with van der Waals surface area (Å²) in [7, 11) is 0. The molecule has 0 aromatic heterocycles. The zero-order chi connectivity index (χ0) is 14.4. The second-order valence-electron chi connectivity index (χ2n) is 6.38. The van der Waals surface area contributed by atoms with Crippen LogP contribution in [0.2, 0.25) is 0 Å². The minimum absolute atomic E-state index is 0.149. The van der Waals surface area contributed by atoms with Gasteiger partial charge in [0.05, 0.1) is 6.61 Å². The van der Waals surface area contributed by atoms with Crippen molar-refractivity contribution in [1.29, 1.82) is 0 Å². The molecule has 1 aliphatic heterocycles. The molecule has 5 nitrogen and oxygen atoms in total. The fourth-order valence-corrected chi connectivity index (χ4v) is 3.74. The maximum Gasteiger partial charge on any atom is 0.303 e. The highest BCUT2D eigenvalue weighted by Gasteiger charge is 2.29. The molecule has 0 aromatic rings. The summed E-state index contributed by atoms with van der Waals surface area (Å²) in [4.78, 5) is 13.1. The molecule has 1 saturated heterocycles. The first-order chi connectivity index (χ1) is 9.67. The Morgan fingerprint density at radius 1 is 1.15 bits per heavy atom. The van der Waals surface area contributed by atoms with E-state index in [1.165, 1.54) is 32.1 Å². The average molecular weight is 284 g/mol. The summed E-state index contributed by atoms with van der Waals surface area (Å²) >= 11 is 0. The second-order valence-corrected chi connectivity index (χ2v) is 6.38. The first-order valence-corrected chi connectivity index (χ1v) is 7.98. The van der Waals surface area contributed by atoms with Gasteiger partial charge in [-0.15, -0.1) is 0 Å². The Bertz CT molecular complexity index is 305. The maximum atomic E-state index is 10.9. The summed E-state index contributed by atoms with van der Waals surface area (Å²) in [6.07, 6.45) is 7.66. The van der Waals surface area contributed by atoms with Gasteiger partial charge in [-0.3, -0.25) is 9.69 Å². The predicted octanol–water partition coefficient (Wildman–Crippen LogP) is 1.07. The number of likely N-dealkylation sites (tertiary alicyclic amines) is 1. The number of carboxylic acids is 1. The minimum atomic E-state index is -0.711. The Balaban J connectivity index is 1.86. The van der Waals surface area contributed by atoms with Crippen LogP contribution < -0.4 is 5.32 Å². The van der Waals surface area contributed by atoms with Gasteiger partial charge >= 0.3 is 5.97 Å². The van der Waals surface area contributed by atoms with E-state index in [4.69, 9.17) is 10.2 Å². The third kappa shape index (κ3) is 5.04. The smallest absolute Gasteiger partial charge is 0.303 e. The fourth-order valence-electron chi connectivity index (χ4n) is 3.74. The number of hydrogen-bond acceptors (Lipinski definition) is 4. The van der Waals surface area contributed by atoms with Crippen LogP contribution in [0.1, 0.15) is 44.9 Å². The molecule has 1 aliphatic carbocycles. The number of rotatable bonds is 6. The SMILES string of the molecule is O=C(O)CC1CC(NC2CCCCC2)CN(CCO)C1. The zero-order valence-electron chi connectivity index (χ0n) is 12.3. The van der Waals surface area contributed by atoms with Gasteiger partial charge in [0.1, 0.15) is 0 Å². The molecule has 2 rings (SSSR count). The molecule has 0 radical (unpaired) electrons. The van der Waals surface area contributed by atoms with E-state index in [9.17, 15) is 4.79 Å². The van der Waals surface area contributed by atoms with Crippen molar-refractivity contribution in [2.75, 3.05) is 26.2 Å². The van der Waals surface area contributed by atoms with E-state index in [0.29, 0.717) is 18.6 Å². The van der Waals surface area contributed by atoms with E-state index >= 15 is 0 Å². The van der Waals surface area contributed by atoms with Crippen molar-refractivity contribution in [2.24, 2.45) is 5.92 Å². The van der Waals surface area contributed by atoms with E-state index in [1.54, 1.807) is 0 Å². The molecule has 0 bridgehead atoms. The number of aliphatic hydroxyl groups excluding tert-OH is 1. The Labute approximate surface area is 121 Å². The number of aliphatic carboxylic acids is 1. The van der Waals surface area contributed by atoms with E-state index in [2.05, 4.69) is 10.2 Å². The highest BCUT2D eigenvalue weighted by molar-refractivity contribution is 5.67. The van der Waals surface area contributed by atoms with Crippen LogP contribution in [0.3, 0.4) is 0 Å². The van der Waals surface area contributed by atoms with Crippen LogP contribution in [0, 0.1) is 5.92 Å². The molecule has 0 spiro atoms. The van der Waals surface area contributed by atoms with Crippen molar-refractivity contribution in [1.82, 2.24) is 10.2 Å². The number of nitrogens with one attached hydrogen (secondary N) is 1. The number of nitrogens with zero attached hydrogens (tertiary/aromatic N) is 1. The molecule has 0 amide bonds. The van der Waals surface area contributed by atoms with E-state index in [0.717, 1.165) is 19.5 Å². The monoisotopic (exact) mass is 284 g/mol. The Morgan fingerprint density at radius 2 is 1.90 bits per heavy atom. The highest BCUT2D eigenvalue weighted by Crippen LogP contribution is 2.23. The van der Waals surface area contributed by atoms with Crippen molar-refractivity contribution in [3.05, 3.63) is 0 Å². The lowest BCUT2D eigenvalue weighted by Gasteiger charge is -2.39. The molecule has 1 saturated carbocycles. The molecule has 116 valence electrons. The normalized spacial score (nSPS) is 29.4. The van der Waals surface area contributed by atoms with Crippen LogP contribution in [0.25, 0.3) is 0 Å². The molecule has 2 fully saturated rings. The fraction of sp³-hybridized carbons (Fsp3) is 0.933. The molecule has 1 heterocycles. The van der Waals surface area contributed by atoms with Gasteiger partial charge in [0, 0.05) is 38.1 Å². The maximum absolute atomic E-state index is 10.9. The first-order valence-electron chi connectivity index (χ1n) is 7.98. The number of aliphatic hydroxyl groups is 1. The van der Waals surface area contributed by atoms with Crippen LogP contribution in [0.4, 0.5) is 0 Å². The van der Waals surface area contributed by atoms with Gasteiger partial charge in [-0.05, 0) is 25.2 Å². The molecule has 5 heteroatoms. The topological polar surface area (TPSA) is 72.8 Å². The Hall–Kier alpha value is -0.650. The van der Waals surface area contributed by atoms with Gasteiger partial charge in [-0.25, -0.2) is 0 Å². The van der Waals surface area contributed by atoms with Crippen molar-refractivity contribution in [3.8, 4) is 0 Å². The summed E-state index contributed by atoms with van der Waals surface area (Å²) in [5.41, 5.74) is 0. The lowest BCUT2D eigenvalue weighted by Crippen LogP contribution is -2.53. The quantitative estimate of drug-likeness (QED) is 0.680. The number of carboxylic acid groups (broad SMARTS) is 1. The van der Waals surface area contributed by atoms with Crippen LogP contribution >= 0.6 is 0 Å². The van der Waals surface area contributed by atoms with Gasteiger partial charge in [0.15, 0.2) is 0 Å². The number of piperidine rings is 1. The van der Waals surface area contributed by atoms with E-state index in [1.807, 2.05) is 0 Å². The van der Waals surface area contributed by atoms with Gasteiger partial charge in [-0.1, -0.05) is 19.3 Å². The molecular weight excluding hydrogens is 256 g/mol. The zero-order valence-corrected chi connectivity index (χ0v) is 12.3. The average Bonchev–Trinajstić information content (AvgIpc) is 2.39. The second kappa shape index (κ2) is 7.96. The van der Waals surface area contributed by atoms with Crippen LogP contribution in [0.15, 0.2) is 0 Å². The van der Waals surface area contributed by atoms with Crippen molar-refractivity contribution < 1.29 is 15.0 Å². The van der Waals surface area contributed by atoms with Gasteiger partial charge < -0.3 is 15.5 Å². The Kier molecular flexibility index (Phi) is 6.26. The number of β-amino-alcohol motifs (C(OH)–C–C–N with tert-alkyl or cyclic N) is 1. The van der Waals surface area contributed by atoms with Crippen molar-refractivity contribution >= 4 is 5.97 Å². The summed E-state index contributed by atoms with van der Waals surface area (Å²) < 4.78 is 0. The Morgan fingerprint density at radius 3 is 2.55 bits per heavy atom. The molecule has 2 atom stereocenters. The molecule has 3 N–H and O–H groups in total. The summed E-state index contributed by atoms with van der Waals surface area (Å²) in [6, 6.07) is 0.982. The molecular formula is C15H28N2O3. The lowest BCUT2D eigenvalue weighted by atomic mass is 9.89. The van der Waals surface area contributed by atoms with Gasteiger partial charge in [0.25, 0.3) is 0 Å². The first kappa shape index (κ1) is 15.7. The third-order valence-electron chi connectivity index (χ3n) is 4.57. The summed E-state index contributed by atoms with van der Waals surface area (Å²) in [5.74, 6) is -0.508. The molecule has 2 unspecified atom stereocenters.